The Bertz CT molecular complexity index is 279. The average molecular weight is 258 g/mol. The minimum absolute atomic E-state index is 0.123. The molecular formula is C13H26N2O3. The minimum Gasteiger partial charge on any atom is -0.480 e. The van der Waals surface area contributed by atoms with E-state index in [0.717, 1.165) is 26.2 Å². The van der Waals surface area contributed by atoms with Crippen molar-refractivity contribution >= 4 is 5.97 Å². The van der Waals surface area contributed by atoms with Gasteiger partial charge in [0, 0.05) is 25.7 Å². The highest BCUT2D eigenvalue weighted by atomic mass is 16.5. The Labute approximate surface area is 109 Å². The quantitative estimate of drug-likeness (QED) is 0.742. The maximum atomic E-state index is 11.1. The van der Waals surface area contributed by atoms with E-state index in [1.807, 2.05) is 13.8 Å². The van der Waals surface area contributed by atoms with Crippen molar-refractivity contribution in [2.75, 3.05) is 26.2 Å². The molecule has 1 unspecified atom stereocenters. The SMILES string of the molecule is CC(C)NC(CCN1CCOC(C)(C)C1)C(=O)O. The van der Waals surface area contributed by atoms with Crippen LogP contribution in [0.25, 0.3) is 0 Å². The second kappa shape index (κ2) is 6.50. The number of hydrogen-bond donors (Lipinski definition) is 2. The summed E-state index contributed by atoms with van der Waals surface area (Å²) < 4.78 is 5.64. The number of carboxylic acid groups (broad SMARTS) is 1. The van der Waals surface area contributed by atoms with E-state index in [9.17, 15) is 4.79 Å². The lowest BCUT2D eigenvalue weighted by molar-refractivity contribution is -0.140. The van der Waals surface area contributed by atoms with E-state index in [0.29, 0.717) is 6.42 Å². The molecule has 1 atom stereocenters. The maximum Gasteiger partial charge on any atom is 0.320 e. The first-order valence-corrected chi connectivity index (χ1v) is 6.65. The molecule has 1 aliphatic heterocycles. The Kier molecular flexibility index (Phi) is 5.56. The van der Waals surface area contributed by atoms with Crippen LogP contribution in [0.2, 0.25) is 0 Å². The smallest absolute Gasteiger partial charge is 0.320 e. The number of aliphatic carboxylic acids is 1. The van der Waals surface area contributed by atoms with E-state index in [1.54, 1.807) is 0 Å². The van der Waals surface area contributed by atoms with Crippen LogP contribution in [0.4, 0.5) is 0 Å². The molecule has 1 fully saturated rings. The van der Waals surface area contributed by atoms with Crippen LogP contribution >= 0.6 is 0 Å². The van der Waals surface area contributed by atoms with Crippen molar-refractivity contribution in [3.8, 4) is 0 Å². The highest BCUT2D eigenvalue weighted by molar-refractivity contribution is 5.73. The summed E-state index contributed by atoms with van der Waals surface area (Å²) in [6, 6.07) is -0.275. The summed E-state index contributed by atoms with van der Waals surface area (Å²) >= 11 is 0. The zero-order valence-corrected chi connectivity index (χ0v) is 11.9. The number of morpholine rings is 1. The van der Waals surface area contributed by atoms with Crippen LogP contribution in [0, 0.1) is 0 Å². The van der Waals surface area contributed by atoms with E-state index < -0.39 is 12.0 Å². The first-order chi connectivity index (χ1) is 8.30. The first-order valence-electron chi connectivity index (χ1n) is 6.65. The third-order valence-electron chi connectivity index (χ3n) is 3.07. The molecule has 2 N–H and O–H groups in total. The third-order valence-corrected chi connectivity index (χ3v) is 3.07. The molecule has 5 heteroatoms. The van der Waals surface area contributed by atoms with Gasteiger partial charge >= 0.3 is 5.97 Å². The molecule has 18 heavy (non-hydrogen) atoms. The Morgan fingerprint density at radius 3 is 2.67 bits per heavy atom. The zero-order chi connectivity index (χ0) is 13.8. The average Bonchev–Trinajstić information content (AvgIpc) is 2.22. The predicted molar refractivity (Wildman–Crippen MR) is 70.8 cm³/mol. The van der Waals surface area contributed by atoms with Gasteiger partial charge < -0.3 is 15.2 Å². The van der Waals surface area contributed by atoms with Crippen LogP contribution < -0.4 is 5.32 Å². The number of hydrogen-bond acceptors (Lipinski definition) is 4. The van der Waals surface area contributed by atoms with Crippen LogP contribution in [0.5, 0.6) is 0 Å². The van der Waals surface area contributed by atoms with Crippen molar-refractivity contribution in [2.24, 2.45) is 0 Å². The van der Waals surface area contributed by atoms with Crippen molar-refractivity contribution in [1.29, 1.82) is 0 Å². The first kappa shape index (κ1) is 15.4. The molecule has 0 bridgehead atoms. The summed E-state index contributed by atoms with van der Waals surface area (Å²) in [7, 11) is 0. The number of carboxylic acids is 1. The third kappa shape index (κ3) is 5.33. The highest BCUT2D eigenvalue weighted by Gasteiger charge is 2.28. The lowest BCUT2D eigenvalue weighted by atomic mass is 10.1. The Morgan fingerprint density at radius 1 is 1.50 bits per heavy atom. The van der Waals surface area contributed by atoms with Gasteiger partial charge in [-0.2, -0.15) is 0 Å². The van der Waals surface area contributed by atoms with E-state index in [4.69, 9.17) is 9.84 Å². The van der Waals surface area contributed by atoms with Crippen LogP contribution in [0.1, 0.15) is 34.1 Å². The largest absolute Gasteiger partial charge is 0.480 e. The van der Waals surface area contributed by atoms with Gasteiger partial charge in [-0.3, -0.25) is 9.69 Å². The molecule has 0 aromatic carbocycles. The Balaban J connectivity index is 2.39. The van der Waals surface area contributed by atoms with Gasteiger partial charge in [-0.1, -0.05) is 13.8 Å². The van der Waals surface area contributed by atoms with Crippen LogP contribution in [0.15, 0.2) is 0 Å². The van der Waals surface area contributed by atoms with E-state index in [-0.39, 0.29) is 11.6 Å². The lowest BCUT2D eigenvalue weighted by Crippen LogP contribution is -2.50. The fraction of sp³-hybridized carbons (Fsp3) is 0.923. The standard InChI is InChI=1S/C13H26N2O3/c1-10(2)14-11(12(16)17)5-6-15-7-8-18-13(3,4)9-15/h10-11,14H,5-9H2,1-4H3,(H,16,17). The van der Waals surface area contributed by atoms with Gasteiger partial charge in [0.15, 0.2) is 0 Å². The van der Waals surface area contributed by atoms with Gasteiger partial charge in [0.25, 0.3) is 0 Å². The second-order valence-electron chi connectivity index (χ2n) is 5.89. The van der Waals surface area contributed by atoms with E-state index in [2.05, 4.69) is 24.1 Å². The molecule has 5 nitrogen and oxygen atoms in total. The van der Waals surface area contributed by atoms with Crippen LogP contribution in [0.3, 0.4) is 0 Å². The summed E-state index contributed by atoms with van der Waals surface area (Å²) in [6.07, 6.45) is 0.629. The second-order valence-corrected chi connectivity index (χ2v) is 5.89. The normalized spacial score (nSPS) is 22.1. The van der Waals surface area contributed by atoms with Crippen molar-refractivity contribution in [2.45, 2.75) is 51.8 Å². The summed E-state index contributed by atoms with van der Waals surface area (Å²) in [6.45, 7) is 11.3. The lowest BCUT2D eigenvalue weighted by Gasteiger charge is -2.38. The number of carbonyl (C=O) groups is 1. The van der Waals surface area contributed by atoms with Crippen LogP contribution in [-0.2, 0) is 9.53 Å². The monoisotopic (exact) mass is 258 g/mol. The molecule has 0 aromatic rings. The maximum absolute atomic E-state index is 11.1. The number of nitrogens with zero attached hydrogens (tertiary/aromatic N) is 1. The summed E-state index contributed by atoms with van der Waals surface area (Å²) in [5.74, 6) is -0.767. The fourth-order valence-corrected chi connectivity index (χ4v) is 2.30. The molecule has 106 valence electrons. The molecule has 0 aromatic heterocycles. The van der Waals surface area contributed by atoms with Crippen LogP contribution in [-0.4, -0.2) is 59.9 Å². The molecule has 0 amide bonds. The fourth-order valence-electron chi connectivity index (χ4n) is 2.30. The van der Waals surface area contributed by atoms with E-state index in [1.165, 1.54) is 0 Å². The number of rotatable bonds is 6. The number of nitrogens with one attached hydrogen (secondary N) is 1. The summed E-state index contributed by atoms with van der Waals surface area (Å²) in [5, 5.41) is 12.2. The molecule has 1 aliphatic rings. The zero-order valence-electron chi connectivity index (χ0n) is 11.9. The molecule has 0 radical (unpaired) electrons. The van der Waals surface area contributed by atoms with Crippen molar-refractivity contribution in [3.05, 3.63) is 0 Å². The van der Waals surface area contributed by atoms with Gasteiger partial charge in [-0.15, -0.1) is 0 Å². The minimum atomic E-state index is -0.767. The molecule has 1 heterocycles. The molecule has 0 aliphatic carbocycles. The molecule has 1 saturated heterocycles. The Morgan fingerprint density at radius 2 is 2.17 bits per heavy atom. The highest BCUT2D eigenvalue weighted by Crippen LogP contribution is 2.16. The Hall–Kier alpha value is -0.650. The van der Waals surface area contributed by atoms with Gasteiger partial charge in [0.1, 0.15) is 6.04 Å². The summed E-state index contributed by atoms with van der Waals surface area (Å²) in [4.78, 5) is 13.4. The van der Waals surface area contributed by atoms with Gasteiger partial charge in [0.2, 0.25) is 0 Å². The van der Waals surface area contributed by atoms with Crippen molar-refractivity contribution in [1.82, 2.24) is 10.2 Å². The predicted octanol–water partition coefficient (Wildman–Crippen LogP) is 0.939. The van der Waals surface area contributed by atoms with Crippen molar-refractivity contribution in [3.63, 3.8) is 0 Å². The molecular weight excluding hydrogens is 232 g/mol. The van der Waals surface area contributed by atoms with Gasteiger partial charge in [-0.25, -0.2) is 0 Å². The molecule has 0 saturated carbocycles. The van der Waals surface area contributed by atoms with Gasteiger partial charge in [0.05, 0.1) is 12.2 Å². The summed E-state index contributed by atoms with van der Waals surface area (Å²) in [5.41, 5.74) is -0.123. The van der Waals surface area contributed by atoms with Gasteiger partial charge in [-0.05, 0) is 20.3 Å². The molecule has 0 spiro atoms. The van der Waals surface area contributed by atoms with E-state index >= 15 is 0 Å². The molecule has 1 rings (SSSR count). The topological polar surface area (TPSA) is 61.8 Å². The van der Waals surface area contributed by atoms with Crippen molar-refractivity contribution < 1.29 is 14.6 Å². The number of ether oxygens (including phenoxy) is 1.